The summed E-state index contributed by atoms with van der Waals surface area (Å²) in [7, 11) is -2.30. The Labute approximate surface area is 159 Å². The molecule has 0 aromatic heterocycles. The number of ether oxygens (including phenoxy) is 1. The predicted molar refractivity (Wildman–Crippen MR) is 102 cm³/mol. The maximum absolute atomic E-state index is 12.7. The molecule has 8 heteroatoms. The molecule has 144 valence electrons. The molecule has 1 N–H and O–H groups in total. The largest absolute Gasteiger partial charge is 0.449 e. The van der Waals surface area contributed by atoms with Crippen molar-refractivity contribution in [2.75, 3.05) is 17.9 Å². The molecule has 0 saturated heterocycles. The fraction of sp³-hybridized carbons (Fsp3) is 0.263. The highest BCUT2D eigenvalue weighted by molar-refractivity contribution is 7.92. The number of para-hydroxylation sites is 1. The Kier molecular flexibility index (Phi) is 6.57. The number of carbonyl (C=O) groups excluding carboxylic acids is 2. The average molecular weight is 390 g/mol. The van der Waals surface area contributed by atoms with Gasteiger partial charge in [0.1, 0.15) is 0 Å². The quantitative estimate of drug-likeness (QED) is 0.732. The van der Waals surface area contributed by atoms with Crippen LogP contribution in [0.3, 0.4) is 0 Å². The fourth-order valence-electron chi connectivity index (χ4n) is 2.30. The summed E-state index contributed by atoms with van der Waals surface area (Å²) in [6, 6.07) is 14.1. The maximum Gasteiger partial charge on any atom is 0.338 e. The fourth-order valence-corrected chi connectivity index (χ4v) is 3.49. The summed E-state index contributed by atoms with van der Waals surface area (Å²) in [5.41, 5.74) is 0.684. The van der Waals surface area contributed by atoms with Crippen LogP contribution in [0.1, 0.15) is 24.2 Å². The van der Waals surface area contributed by atoms with Crippen LogP contribution in [0, 0.1) is 0 Å². The number of hydrogen-bond acceptors (Lipinski definition) is 5. The van der Waals surface area contributed by atoms with Crippen LogP contribution in [0.4, 0.5) is 5.69 Å². The van der Waals surface area contributed by atoms with Gasteiger partial charge < -0.3 is 10.1 Å². The summed E-state index contributed by atoms with van der Waals surface area (Å²) in [6.07, 6.45) is -0.940. The molecule has 2 rings (SSSR count). The summed E-state index contributed by atoms with van der Waals surface area (Å²) in [6.45, 7) is 3.66. The first-order valence-electron chi connectivity index (χ1n) is 8.40. The van der Waals surface area contributed by atoms with E-state index in [0.717, 1.165) is 4.31 Å². The van der Waals surface area contributed by atoms with Crippen molar-refractivity contribution in [3.63, 3.8) is 0 Å². The lowest BCUT2D eigenvalue weighted by atomic mass is 10.2. The first-order valence-corrected chi connectivity index (χ1v) is 9.84. The summed E-state index contributed by atoms with van der Waals surface area (Å²) in [5.74, 6) is -1.09. The lowest BCUT2D eigenvalue weighted by Gasteiger charge is -2.19. The number of anilines is 1. The standard InChI is InChI=1S/C19H22N2O5S/c1-4-20-18(22)14(2)26-19(23)15-10-12-17(13-11-15)27(24,25)21(3)16-8-6-5-7-9-16/h5-14H,4H2,1-3H3,(H,20,22)/t14-/m0/s1. The third kappa shape index (κ3) is 4.85. The summed E-state index contributed by atoms with van der Waals surface area (Å²) in [5, 5.41) is 2.56. The minimum Gasteiger partial charge on any atom is -0.449 e. The van der Waals surface area contributed by atoms with Crippen LogP contribution in [0.15, 0.2) is 59.5 Å². The van der Waals surface area contributed by atoms with E-state index in [-0.39, 0.29) is 10.5 Å². The Hall–Kier alpha value is -2.87. The number of nitrogens with one attached hydrogen (secondary N) is 1. The highest BCUT2D eigenvalue weighted by atomic mass is 32.2. The van der Waals surface area contributed by atoms with E-state index in [1.54, 1.807) is 37.3 Å². The molecule has 0 aliphatic rings. The van der Waals surface area contributed by atoms with Crippen molar-refractivity contribution in [3.8, 4) is 0 Å². The summed E-state index contributed by atoms with van der Waals surface area (Å²) >= 11 is 0. The van der Waals surface area contributed by atoms with E-state index >= 15 is 0 Å². The second-order valence-corrected chi connectivity index (χ2v) is 7.74. The number of amides is 1. The van der Waals surface area contributed by atoms with Gasteiger partial charge in [-0.3, -0.25) is 9.10 Å². The Morgan fingerprint density at radius 3 is 2.22 bits per heavy atom. The SMILES string of the molecule is CCNC(=O)[C@H](C)OC(=O)c1ccc(S(=O)(=O)N(C)c2ccccc2)cc1. The maximum atomic E-state index is 12.7. The highest BCUT2D eigenvalue weighted by Gasteiger charge is 2.22. The summed E-state index contributed by atoms with van der Waals surface area (Å²) < 4.78 is 31.7. The molecule has 0 fully saturated rings. The molecule has 1 atom stereocenters. The van der Waals surface area contributed by atoms with Crippen LogP contribution < -0.4 is 9.62 Å². The lowest BCUT2D eigenvalue weighted by Crippen LogP contribution is -2.35. The van der Waals surface area contributed by atoms with Gasteiger partial charge in [0.2, 0.25) is 0 Å². The van der Waals surface area contributed by atoms with Crippen LogP contribution >= 0.6 is 0 Å². The van der Waals surface area contributed by atoms with Gasteiger partial charge in [0.15, 0.2) is 6.10 Å². The Morgan fingerprint density at radius 2 is 1.67 bits per heavy atom. The van der Waals surface area contributed by atoms with Crippen LogP contribution in [0.5, 0.6) is 0 Å². The normalized spacial score (nSPS) is 12.1. The van der Waals surface area contributed by atoms with Crippen molar-refractivity contribution in [3.05, 3.63) is 60.2 Å². The van der Waals surface area contributed by atoms with Gasteiger partial charge in [-0.15, -0.1) is 0 Å². The van der Waals surface area contributed by atoms with Gasteiger partial charge in [-0.1, -0.05) is 18.2 Å². The smallest absolute Gasteiger partial charge is 0.338 e. The van der Waals surface area contributed by atoms with Gasteiger partial charge >= 0.3 is 5.97 Å². The third-order valence-corrected chi connectivity index (χ3v) is 5.67. The molecular weight excluding hydrogens is 368 g/mol. The van der Waals surface area contributed by atoms with E-state index in [1.165, 1.54) is 38.2 Å². The number of sulfonamides is 1. The van der Waals surface area contributed by atoms with Crippen LogP contribution in [0.2, 0.25) is 0 Å². The van der Waals surface area contributed by atoms with E-state index in [2.05, 4.69) is 5.32 Å². The highest BCUT2D eigenvalue weighted by Crippen LogP contribution is 2.22. The number of carbonyl (C=O) groups is 2. The number of esters is 1. The number of nitrogens with zero attached hydrogens (tertiary/aromatic N) is 1. The minimum absolute atomic E-state index is 0.0437. The molecule has 2 aromatic carbocycles. The van der Waals surface area contributed by atoms with E-state index in [1.807, 2.05) is 0 Å². The molecule has 0 saturated carbocycles. The van der Waals surface area contributed by atoms with Crippen LogP contribution in [0.25, 0.3) is 0 Å². The van der Waals surface area contributed by atoms with Gasteiger partial charge in [-0.2, -0.15) is 0 Å². The minimum atomic E-state index is -3.76. The van der Waals surface area contributed by atoms with Crippen molar-refractivity contribution < 1.29 is 22.7 Å². The van der Waals surface area contributed by atoms with Gasteiger partial charge in [0, 0.05) is 13.6 Å². The Bertz CT molecular complexity index is 895. The Balaban J connectivity index is 2.14. The number of benzene rings is 2. The van der Waals surface area contributed by atoms with Gasteiger partial charge in [-0.25, -0.2) is 13.2 Å². The number of hydrogen-bond donors (Lipinski definition) is 1. The molecule has 0 unspecified atom stereocenters. The van der Waals surface area contributed by atoms with E-state index in [0.29, 0.717) is 12.2 Å². The van der Waals surface area contributed by atoms with E-state index in [9.17, 15) is 18.0 Å². The molecule has 0 heterocycles. The van der Waals surface area contributed by atoms with Gasteiger partial charge in [0.05, 0.1) is 16.1 Å². The lowest BCUT2D eigenvalue weighted by molar-refractivity contribution is -0.128. The number of likely N-dealkylation sites (N-methyl/N-ethyl adjacent to an activating group) is 1. The van der Waals surface area contributed by atoms with Crippen LogP contribution in [-0.4, -0.2) is 40.0 Å². The number of rotatable bonds is 7. The molecule has 0 spiro atoms. The van der Waals surface area contributed by atoms with Gasteiger partial charge in [0.25, 0.3) is 15.9 Å². The molecule has 2 aromatic rings. The first kappa shape index (κ1) is 20.4. The first-order chi connectivity index (χ1) is 12.8. The van der Waals surface area contributed by atoms with E-state index in [4.69, 9.17) is 4.74 Å². The zero-order chi connectivity index (χ0) is 20.0. The second kappa shape index (κ2) is 8.68. The third-order valence-electron chi connectivity index (χ3n) is 3.87. The van der Waals surface area contributed by atoms with Gasteiger partial charge in [-0.05, 0) is 50.2 Å². The molecule has 1 amide bonds. The molecule has 0 aliphatic carbocycles. The molecular formula is C19H22N2O5S. The molecule has 0 aliphatic heterocycles. The van der Waals surface area contributed by atoms with Crippen molar-refractivity contribution in [1.29, 1.82) is 0 Å². The predicted octanol–water partition coefficient (Wildman–Crippen LogP) is 2.19. The van der Waals surface area contributed by atoms with Crippen molar-refractivity contribution in [2.45, 2.75) is 24.8 Å². The second-order valence-electron chi connectivity index (χ2n) is 5.77. The van der Waals surface area contributed by atoms with Crippen LogP contribution in [-0.2, 0) is 19.6 Å². The molecule has 7 nitrogen and oxygen atoms in total. The van der Waals surface area contributed by atoms with E-state index < -0.39 is 28.0 Å². The zero-order valence-electron chi connectivity index (χ0n) is 15.4. The topological polar surface area (TPSA) is 92.8 Å². The monoisotopic (exact) mass is 390 g/mol. The zero-order valence-corrected chi connectivity index (χ0v) is 16.2. The molecule has 27 heavy (non-hydrogen) atoms. The van der Waals surface area contributed by atoms with Crippen molar-refractivity contribution >= 4 is 27.6 Å². The summed E-state index contributed by atoms with van der Waals surface area (Å²) in [4.78, 5) is 23.8. The van der Waals surface area contributed by atoms with Crippen molar-refractivity contribution in [1.82, 2.24) is 5.32 Å². The Morgan fingerprint density at radius 1 is 1.07 bits per heavy atom. The average Bonchev–Trinajstić information content (AvgIpc) is 2.68. The molecule has 0 bridgehead atoms. The van der Waals surface area contributed by atoms with Crippen molar-refractivity contribution in [2.24, 2.45) is 0 Å². The molecule has 0 radical (unpaired) electrons.